The highest BCUT2D eigenvalue weighted by molar-refractivity contribution is 6.30. The predicted octanol–water partition coefficient (Wildman–Crippen LogP) is 4.07. The third-order valence-corrected chi connectivity index (χ3v) is 3.15. The quantitative estimate of drug-likeness (QED) is 0.896. The maximum Gasteiger partial charge on any atom is 0.159 e. The molecule has 0 aromatic heterocycles. The van der Waals surface area contributed by atoms with Crippen LogP contribution < -0.4 is 5.32 Å². The van der Waals surface area contributed by atoms with E-state index in [1.54, 1.807) is 19.2 Å². The summed E-state index contributed by atoms with van der Waals surface area (Å²) in [6.45, 7) is 0. The highest BCUT2D eigenvalue weighted by Crippen LogP contribution is 2.28. The molecular weight excluding hydrogens is 275 g/mol. The molecule has 0 aliphatic heterocycles. The molecule has 1 atom stereocenters. The van der Waals surface area contributed by atoms with Gasteiger partial charge in [-0.1, -0.05) is 29.8 Å². The van der Waals surface area contributed by atoms with E-state index in [0.29, 0.717) is 5.56 Å². The van der Waals surface area contributed by atoms with E-state index in [0.717, 1.165) is 12.1 Å². The lowest BCUT2D eigenvalue weighted by atomic mass is 9.98. The monoisotopic (exact) mass is 285 g/mol. The topological polar surface area (TPSA) is 12.0 Å². The highest BCUT2D eigenvalue weighted by atomic mass is 35.5. The summed E-state index contributed by atoms with van der Waals surface area (Å²) in [7, 11) is 1.60. The molecule has 100 valence electrons. The van der Waals surface area contributed by atoms with Crippen molar-refractivity contribution in [1.29, 1.82) is 0 Å². The Labute approximate surface area is 114 Å². The van der Waals surface area contributed by atoms with E-state index in [1.165, 1.54) is 12.1 Å². The molecular formula is C14H11ClF3N. The summed E-state index contributed by atoms with van der Waals surface area (Å²) in [5, 5.41) is 2.85. The van der Waals surface area contributed by atoms with Crippen LogP contribution in [0.3, 0.4) is 0 Å². The van der Waals surface area contributed by atoms with Gasteiger partial charge in [-0.2, -0.15) is 0 Å². The van der Waals surface area contributed by atoms with Gasteiger partial charge < -0.3 is 5.32 Å². The molecule has 0 aliphatic carbocycles. The first-order valence-electron chi connectivity index (χ1n) is 5.60. The maximum atomic E-state index is 14.0. The van der Waals surface area contributed by atoms with Crippen LogP contribution in [0.25, 0.3) is 0 Å². The average Bonchev–Trinajstić information content (AvgIpc) is 2.39. The van der Waals surface area contributed by atoms with E-state index < -0.39 is 23.5 Å². The fraction of sp³-hybridized carbons (Fsp3) is 0.143. The summed E-state index contributed by atoms with van der Waals surface area (Å²) >= 11 is 5.72. The molecule has 1 N–H and O–H groups in total. The minimum absolute atomic E-state index is 0.0136. The lowest BCUT2D eigenvalue weighted by Gasteiger charge is -2.18. The van der Waals surface area contributed by atoms with E-state index >= 15 is 0 Å². The summed E-state index contributed by atoms with van der Waals surface area (Å²) in [5.74, 6) is -2.49. The molecule has 0 radical (unpaired) electrons. The second-order valence-corrected chi connectivity index (χ2v) is 4.45. The van der Waals surface area contributed by atoms with E-state index in [1.807, 2.05) is 0 Å². The van der Waals surface area contributed by atoms with Crippen LogP contribution in [0.5, 0.6) is 0 Å². The standard InChI is InChI=1S/C14H11ClF3N/c1-19-14(8-5-6-11(16)12(17)7-8)9-3-2-4-10(15)13(9)18/h2-7,14,19H,1H3. The molecule has 0 fully saturated rings. The maximum absolute atomic E-state index is 14.0. The van der Waals surface area contributed by atoms with Crippen LogP contribution in [0.1, 0.15) is 17.2 Å². The van der Waals surface area contributed by atoms with Gasteiger partial charge >= 0.3 is 0 Å². The number of halogens is 4. The van der Waals surface area contributed by atoms with Crippen molar-refractivity contribution in [3.63, 3.8) is 0 Å². The van der Waals surface area contributed by atoms with Crippen LogP contribution in [0.2, 0.25) is 5.02 Å². The van der Waals surface area contributed by atoms with Gasteiger partial charge in [-0.3, -0.25) is 0 Å². The van der Waals surface area contributed by atoms with Crippen molar-refractivity contribution >= 4 is 11.6 Å². The SMILES string of the molecule is CNC(c1ccc(F)c(F)c1)c1cccc(Cl)c1F. The molecule has 19 heavy (non-hydrogen) atoms. The largest absolute Gasteiger partial charge is 0.309 e. The first kappa shape index (κ1) is 13.9. The van der Waals surface area contributed by atoms with Crippen LogP contribution in [0.15, 0.2) is 36.4 Å². The minimum Gasteiger partial charge on any atom is -0.309 e. The fourth-order valence-electron chi connectivity index (χ4n) is 1.94. The molecule has 2 rings (SSSR count). The molecule has 2 aromatic rings. The van der Waals surface area contributed by atoms with Gasteiger partial charge in [0.25, 0.3) is 0 Å². The Hall–Kier alpha value is -1.52. The first-order chi connectivity index (χ1) is 9.04. The smallest absolute Gasteiger partial charge is 0.159 e. The zero-order valence-electron chi connectivity index (χ0n) is 10.1. The Morgan fingerprint density at radius 1 is 1.05 bits per heavy atom. The number of benzene rings is 2. The normalized spacial score (nSPS) is 12.5. The van der Waals surface area contributed by atoms with Gasteiger partial charge in [0.1, 0.15) is 5.82 Å². The predicted molar refractivity (Wildman–Crippen MR) is 68.7 cm³/mol. The van der Waals surface area contributed by atoms with E-state index in [-0.39, 0.29) is 10.6 Å². The van der Waals surface area contributed by atoms with Gasteiger partial charge in [0.2, 0.25) is 0 Å². The number of hydrogen-bond acceptors (Lipinski definition) is 1. The molecule has 0 bridgehead atoms. The van der Waals surface area contributed by atoms with Gasteiger partial charge in [-0.25, -0.2) is 13.2 Å². The van der Waals surface area contributed by atoms with E-state index in [2.05, 4.69) is 5.32 Å². The Balaban J connectivity index is 2.50. The molecule has 5 heteroatoms. The van der Waals surface area contributed by atoms with Crippen LogP contribution in [0.4, 0.5) is 13.2 Å². The molecule has 0 saturated carbocycles. The zero-order chi connectivity index (χ0) is 14.0. The Morgan fingerprint density at radius 2 is 1.79 bits per heavy atom. The van der Waals surface area contributed by atoms with Crippen molar-refractivity contribution in [2.45, 2.75) is 6.04 Å². The summed E-state index contributed by atoms with van der Waals surface area (Å²) in [6.07, 6.45) is 0. The summed E-state index contributed by atoms with van der Waals surface area (Å²) in [6, 6.07) is 7.43. The second kappa shape index (κ2) is 5.63. The van der Waals surface area contributed by atoms with Gasteiger partial charge in [-0.05, 0) is 30.8 Å². The van der Waals surface area contributed by atoms with Crippen LogP contribution >= 0.6 is 11.6 Å². The van der Waals surface area contributed by atoms with E-state index in [9.17, 15) is 13.2 Å². The molecule has 1 unspecified atom stereocenters. The van der Waals surface area contributed by atoms with Crippen molar-refractivity contribution in [3.8, 4) is 0 Å². The molecule has 2 aromatic carbocycles. The summed E-state index contributed by atoms with van der Waals surface area (Å²) < 4.78 is 40.1. The van der Waals surface area contributed by atoms with Crippen LogP contribution in [0, 0.1) is 17.5 Å². The van der Waals surface area contributed by atoms with Crippen molar-refractivity contribution in [1.82, 2.24) is 5.32 Å². The summed E-state index contributed by atoms with van der Waals surface area (Å²) in [4.78, 5) is 0. The third kappa shape index (κ3) is 2.74. The lowest BCUT2D eigenvalue weighted by molar-refractivity contribution is 0.503. The molecule has 0 aliphatic rings. The first-order valence-corrected chi connectivity index (χ1v) is 5.98. The minimum atomic E-state index is -0.972. The molecule has 0 amide bonds. The third-order valence-electron chi connectivity index (χ3n) is 2.86. The Bertz CT molecular complexity index is 601. The fourth-order valence-corrected chi connectivity index (χ4v) is 2.12. The number of rotatable bonds is 3. The van der Waals surface area contributed by atoms with Crippen molar-refractivity contribution in [2.75, 3.05) is 7.05 Å². The van der Waals surface area contributed by atoms with Gasteiger partial charge in [-0.15, -0.1) is 0 Å². The van der Waals surface area contributed by atoms with Crippen molar-refractivity contribution < 1.29 is 13.2 Å². The van der Waals surface area contributed by atoms with Crippen molar-refractivity contribution in [2.24, 2.45) is 0 Å². The van der Waals surface area contributed by atoms with E-state index in [4.69, 9.17) is 11.6 Å². The average molecular weight is 286 g/mol. The molecule has 0 spiro atoms. The summed E-state index contributed by atoms with van der Waals surface area (Å²) in [5.41, 5.74) is 0.698. The van der Waals surface area contributed by atoms with Gasteiger partial charge in [0.05, 0.1) is 11.1 Å². The molecule has 0 heterocycles. The second-order valence-electron chi connectivity index (χ2n) is 4.04. The van der Waals surface area contributed by atoms with Gasteiger partial charge in [0, 0.05) is 5.56 Å². The Kier molecular flexibility index (Phi) is 4.12. The van der Waals surface area contributed by atoms with Gasteiger partial charge in [0.15, 0.2) is 11.6 Å². The number of nitrogens with one attached hydrogen (secondary N) is 1. The van der Waals surface area contributed by atoms with Crippen LogP contribution in [-0.2, 0) is 0 Å². The number of hydrogen-bond donors (Lipinski definition) is 1. The highest BCUT2D eigenvalue weighted by Gasteiger charge is 2.19. The van der Waals surface area contributed by atoms with Crippen molar-refractivity contribution in [3.05, 3.63) is 70.0 Å². The van der Waals surface area contributed by atoms with Crippen LogP contribution in [-0.4, -0.2) is 7.05 Å². The zero-order valence-corrected chi connectivity index (χ0v) is 10.8. The Morgan fingerprint density at radius 3 is 2.42 bits per heavy atom. The lowest BCUT2D eigenvalue weighted by Crippen LogP contribution is -2.19. The molecule has 0 saturated heterocycles. The molecule has 1 nitrogen and oxygen atoms in total.